The Hall–Kier alpha value is -1.43. The highest BCUT2D eigenvalue weighted by molar-refractivity contribution is 6.24. The lowest BCUT2D eigenvalue weighted by molar-refractivity contribution is 0.838. The maximum atomic E-state index is 11.7. The van der Waals surface area contributed by atoms with Gasteiger partial charge in [0.1, 0.15) is 5.69 Å². The standard InChI is InChI=1S/C8H12ClN5O/c1-10-8-11-5-4(6(15)12-8)13(2)7(9)14(5)3/h7H,1-3H3,(H2,10,11,12,15). The first-order chi connectivity index (χ1) is 7.06. The Labute approximate surface area is 91.9 Å². The molecule has 82 valence electrons. The van der Waals surface area contributed by atoms with E-state index in [1.54, 1.807) is 30.9 Å². The van der Waals surface area contributed by atoms with Crippen molar-refractivity contribution in [3.05, 3.63) is 10.4 Å². The number of nitrogens with one attached hydrogen (secondary N) is 2. The Morgan fingerprint density at radius 1 is 1.47 bits per heavy atom. The molecule has 1 unspecified atom stereocenters. The molecule has 0 aromatic carbocycles. The van der Waals surface area contributed by atoms with Gasteiger partial charge >= 0.3 is 0 Å². The zero-order valence-corrected chi connectivity index (χ0v) is 9.46. The van der Waals surface area contributed by atoms with Crippen LogP contribution in [0, 0.1) is 0 Å². The minimum atomic E-state index is -0.374. The molecule has 0 fully saturated rings. The van der Waals surface area contributed by atoms with E-state index in [2.05, 4.69) is 15.3 Å². The van der Waals surface area contributed by atoms with Crippen molar-refractivity contribution in [2.75, 3.05) is 36.3 Å². The summed E-state index contributed by atoms with van der Waals surface area (Å²) in [5.74, 6) is 1.02. The number of fused-ring (bicyclic) bond motifs is 1. The van der Waals surface area contributed by atoms with E-state index in [0.717, 1.165) is 0 Å². The highest BCUT2D eigenvalue weighted by Crippen LogP contribution is 2.34. The van der Waals surface area contributed by atoms with Gasteiger partial charge in [0.05, 0.1) is 0 Å². The molecular formula is C8H12ClN5O. The molecule has 0 saturated heterocycles. The molecule has 0 saturated carbocycles. The van der Waals surface area contributed by atoms with Crippen molar-refractivity contribution < 1.29 is 0 Å². The summed E-state index contributed by atoms with van der Waals surface area (Å²) in [6, 6.07) is 0. The minimum Gasteiger partial charge on any atom is -0.359 e. The molecule has 1 aromatic rings. The van der Waals surface area contributed by atoms with Gasteiger partial charge in [-0.05, 0) is 0 Å². The lowest BCUT2D eigenvalue weighted by Crippen LogP contribution is -2.34. The summed E-state index contributed by atoms with van der Waals surface area (Å²) >= 11 is 6.08. The number of hydrogen-bond acceptors (Lipinski definition) is 5. The molecule has 1 atom stereocenters. The average molecular weight is 230 g/mol. The summed E-state index contributed by atoms with van der Waals surface area (Å²) in [7, 11) is 5.25. The molecule has 0 bridgehead atoms. The van der Waals surface area contributed by atoms with E-state index in [1.165, 1.54) is 0 Å². The van der Waals surface area contributed by atoms with Crippen molar-refractivity contribution in [2.24, 2.45) is 0 Å². The Morgan fingerprint density at radius 3 is 2.73 bits per heavy atom. The van der Waals surface area contributed by atoms with Crippen LogP contribution in [0.2, 0.25) is 0 Å². The largest absolute Gasteiger partial charge is 0.359 e. The Morgan fingerprint density at radius 2 is 2.13 bits per heavy atom. The molecule has 2 heterocycles. The smallest absolute Gasteiger partial charge is 0.278 e. The van der Waals surface area contributed by atoms with E-state index in [1.807, 2.05) is 0 Å². The van der Waals surface area contributed by atoms with Gasteiger partial charge in [-0.25, -0.2) is 0 Å². The van der Waals surface area contributed by atoms with Crippen LogP contribution in [-0.2, 0) is 0 Å². The second-order valence-electron chi connectivity index (χ2n) is 3.37. The predicted molar refractivity (Wildman–Crippen MR) is 60.9 cm³/mol. The van der Waals surface area contributed by atoms with E-state index in [9.17, 15) is 4.79 Å². The monoisotopic (exact) mass is 229 g/mol. The zero-order valence-electron chi connectivity index (χ0n) is 8.71. The van der Waals surface area contributed by atoms with E-state index < -0.39 is 0 Å². The van der Waals surface area contributed by atoms with Crippen LogP contribution in [0.15, 0.2) is 4.79 Å². The molecule has 1 aliphatic rings. The number of alkyl halides is 1. The Bertz CT molecular complexity index is 445. The first-order valence-electron chi connectivity index (χ1n) is 4.48. The lowest BCUT2D eigenvalue weighted by Gasteiger charge is -2.19. The van der Waals surface area contributed by atoms with E-state index >= 15 is 0 Å². The number of H-pyrrole nitrogens is 1. The van der Waals surface area contributed by atoms with Gasteiger partial charge in [0.25, 0.3) is 5.56 Å². The van der Waals surface area contributed by atoms with Gasteiger partial charge in [-0.3, -0.25) is 9.78 Å². The van der Waals surface area contributed by atoms with Crippen LogP contribution in [0.4, 0.5) is 17.5 Å². The minimum absolute atomic E-state index is 0.193. The number of aromatic nitrogens is 2. The quantitative estimate of drug-likeness (QED) is 0.533. The number of hydrogen-bond donors (Lipinski definition) is 2. The third kappa shape index (κ3) is 1.32. The van der Waals surface area contributed by atoms with Gasteiger partial charge in [0, 0.05) is 21.1 Å². The topological polar surface area (TPSA) is 64.3 Å². The molecule has 0 spiro atoms. The van der Waals surface area contributed by atoms with Crippen molar-refractivity contribution in [2.45, 2.75) is 5.62 Å². The second-order valence-corrected chi connectivity index (χ2v) is 3.76. The molecule has 1 aromatic heterocycles. The molecule has 1 aliphatic heterocycles. The molecule has 15 heavy (non-hydrogen) atoms. The zero-order chi connectivity index (χ0) is 11.2. The summed E-state index contributed by atoms with van der Waals surface area (Å²) < 4.78 is 0. The molecule has 0 aliphatic carbocycles. The van der Waals surface area contributed by atoms with Crippen LogP contribution in [0.3, 0.4) is 0 Å². The van der Waals surface area contributed by atoms with Crippen LogP contribution in [0.25, 0.3) is 0 Å². The summed E-state index contributed by atoms with van der Waals surface area (Å²) in [5.41, 5.74) is -0.0703. The van der Waals surface area contributed by atoms with Crippen LogP contribution in [0.5, 0.6) is 0 Å². The van der Waals surface area contributed by atoms with E-state index in [-0.39, 0.29) is 11.2 Å². The summed E-state index contributed by atoms with van der Waals surface area (Å²) in [5, 5.41) is 2.79. The number of anilines is 3. The molecule has 0 radical (unpaired) electrons. The third-order valence-corrected chi connectivity index (χ3v) is 3.02. The third-order valence-electron chi connectivity index (χ3n) is 2.44. The second kappa shape index (κ2) is 3.30. The average Bonchev–Trinajstić information content (AvgIpc) is 2.44. The number of halogens is 1. The maximum absolute atomic E-state index is 11.7. The van der Waals surface area contributed by atoms with Crippen molar-refractivity contribution in [1.29, 1.82) is 0 Å². The summed E-state index contributed by atoms with van der Waals surface area (Å²) in [6.07, 6.45) is 0. The van der Waals surface area contributed by atoms with Crippen molar-refractivity contribution in [3.63, 3.8) is 0 Å². The van der Waals surface area contributed by atoms with Gasteiger partial charge in [-0.1, -0.05) is 11.6 Å². The molecule has 2 rings (SSSR count). The van der Waals surface area contributed by atoms with Gasteiger partial charge in [-0.2, -0.15) is 4.98 Å². The first kappa shape index (κ1) is 10.1. The Kier molecular flexibility index (Phi) is 2.22. The highest BCUT2D eigenvalue weighted by atomic mass is 35.5. The lowest BCUT2D eigenvalue weighted by atomic mass is 10.4. The van der Waals surface area contributed by atoms with Crippen molar-refractivity contribution in [3.8, 4) is 0 Å². The Balaban J connectivity index is 2.64. The van der Waals surface area contributed by atoms with Crippen molar-refractivity contribution in [1.82, 2.24) is 9.97 Å². The first-order valence-corrected chi connectivity index (χ1v) is 4.91. The number of rotatable bonds is 1. The molecule has 2 N–H and O–H groups in total. The van der Waals surface area contributed by atoms with Crippen LogP contribution >= 0.6 is 11.6 Å². The number of nitrogens with zero attached hydrogens (tertiary/aromatic N) is 3. The van der Waals surface area contributed by atoms with Crippen LogP contribution in [0.1, 0.15) is 0 Å². The maximum Gasteiger partial charge on any atom is 0.278 e. The van der Waals surface area contributed by atoms with Gasteiger partial charge in [-0.15, -0.1) is 0 Å². The van der Waals surface area contributed by atoms with Gasteiger partial charge < -0.3 is 15.1 Å². The van der Waals surface area contributed by atoms with E-state index in [0.29, 0.717) is 17.5 Å². The van der Waals surface area contributed by atoms with Crippen LogP contribution < -0.4 is 20.7 Å². The normalized spacial score (nSPS) is 19.3. The predicted octanol–water partition coefficient (Wildman–Crippen LogP) is 0.220. The van der Waals surface area contributed by atoms with Crippen molar-refractivity contribution >= 4 is 29.1 Å². The van der Waals surface area contributed by atoms with Gasteiger partial charge in [0.15, 0.2) is 11.4 Å². The molecule has 7 heteroatoms. The SMILES string of the molecule is CNc1nc2c(c(=O)[nH]1)N(C)C(Cl)N2C. The fourth-order valence-electron chi connectivity index (χ4n) is 1.60. The van der Waals surface area contributed by atoms with E-state index in [4.69, 9.17) is 11.6 Å². The summed E-state index contributed by atoms with van der Waals surface area (Å²) in [6.45, 7) is 0. The molecule has 6 nitrogen and oxygen atoms in total. The fourth-order valence-corrected chi connectivity index (χ4v) is 1.79. The molecular weight excluding hydrogens is 218 g/mol. The highest BCUT2D eigenvalue weighted by Gasteiger charge is 2.33. The fraction of sp³-hybridized carbons (Fsp3) is 0.500. The van der Waals surface area contributed by atoms with Gasteiger partial charge in [0.2, 0.25) is 5.95 Å². The summed E-state index contributed by atoms with van der Waals surface area (Å²) in [4.78, 5) is 22.0. The van der Waals surface area contributed by atoms with Crippen LogP contribution in [-0.4, -0.2) is 36.7 Å². The number of aromatic amines is 1. The molecule has 0 amide bonds.